The van der Waals surface area contributed by atoms with Gasteiger partial charge in [0.1, 0.15) is 0 Å². The molecule has 0 radical (unpaired) electrons. The lowest BCUT2D eigenvalue weighted by molar-refractivity contribution is 0.0926. The molecule has 1 heterocycles. The van der Waals surface area contributed by atoms with Crippen molar-refractivity contribution in [2.24, 2.45) is 5.92 Å². The van der Waals surface area contributed by atoms with Crippen LogP contribution < -0.4 is 5.32 Å². The molecule has 3 rings (SSSR count). The molecule has 1 saturated heterocycles. The van der Waals surface area contributed by atoms with Crippen LogP contribution in [0.25, 0.3) is 10.8 Å². The van der Waals surface area contributed by atoms with Crippen LogP contribution in [0.1, 0.15) is 23.2 Å². The SMILES string of the molecule is COCCN1CCC(CNC(=O)c2ccc3ccccc3c2)CC1. The van der Waals surface area contributed by atoms with Crippen LogP contribution in [0.2, 0.25) is 0 Å². The molecule has 4 nitrogen and oxygen atoms in total. The molecule has 0 spiro atoms. The zero-order valence-corrected chi connectivity index (χ0v) is 14.3. The largest absolute Gasteiger partial charge is 0.383 e. The number of piperidine rings is 1. The zero-order valence-electron chi connectivity index (χ0n) is 14.3. The molecule has 1 aliphatic rings. The van der Waals surface area contributed by atoms with Gasteiger partial charge in [-0.3, -0.25) is 4.79 Å². The van der Waals surface area contributed by atoms with Gasteiger partial charge in [0, 0.05) is 25.8 Å². The Balaban J connectivity index is 1.48. The lowest BCUT2D eigenvalue weighted by Crippen LogP contribution is -2.39. The van der Waals surface area contributed by atoms with Crippen molar-refractivity contribution < 1.29 is 9.53 Å². The normalized spacial score (nSPS) is 16.4. The first-order valence-corrected chi connectivity index (χ1v) is 8.74. The topological polar surface area (TPSA) is 41.6 Å². The predicted molar refractivity (Wildman–Crippen MR) is 97.3 cm³/mol. The van der Waals surface area contributed by atoms with E-state index in [0.29, 0.717) is 5.92 Å². The van der Waals surface area contributed by atoms with Gasteiger partial charge in [-0.2, -0.15) is 0 Å². The summed E-state index contributed by atoms with van der Waals surface area (Å²) in [6.07, 6.45) is 2.28. The number of nitrogens with zero attached hydrogens (tertiary/aromatic N) is 1. The lowest BCUT2D eigenvalue weighted by Gasteiger charge is -2.31. The molecule has 2 aromatic carbocycles. The molecule has 1 amide bonds. The van der Waals surface area contributed by atoms with Gasteiger partial charge in [0.15, 0.2) is 0 Å². The summed E-state index contributed by atoms with van der Waals surface area (Å²) in [4.78, 5) is 14.8. The van der Waals surface area contributed by atoms with Gasteiger partial charge in [-0.05, 0) is 54.8 Å². The standard InChI is InChI=1S/C20H26N2O2/c1-24-13-12-22-10-8-16(9-11-22)15-21-20(23)19-7-6-17-4-2-3-5-18(17)14-19/h2-7,14,16H,8-13,15H2,1H3,(H,21,23). The quantitative estimate of drug-likeness (QED) is 0.887. The van der Waals surface area contributed by atoms with E-state index >= 15 is 0 Å². The summed E-state index contributed by atoms with van der Waals surface area (Å²) in [5.41, 5.74) is 0.742. The number of amides is 1. The number of fused-ring (bicyclic) bond motifs is 1. The van der Waals surface area contributed by atoms with E-state index in [1.165, 1.54) is 0 Å². The van der Waals surface area contributed by atoms with Crippen molar-refractivity contribution in [3.05, 3.63) is 48.0 Å². The lowest BCUT2D eigenvalue weighted by atomic mass is 9.96. The predicted octanol–water partition coefficient (Wildman–Crippen LogP) is 2.93. The van der Waals surface area contributed by atoms with Gasteiger partial charge < -0.3 is 15.0 Å². The molecule has 0 unspecified atom stereocenters. The first kappa shape index (κ1) is 16.9. The van der Waals surface area contributed by atoms with E-state index in [1.807, 2.05) is 36.4 Å². The minimum atomic E-state index is 0.0302. The van der Waals surface area contributed by atoms with Gasteiger partial charge in [-0.25, -0.2) is 0 Å². The van der Waals surface area contributed by atoms with Crippen molar-refractivity contribution in [3.8, 4) is 0 Å². The van der Waals surface area contributed by atoms with Crippen molar-refractivity contribution in [2.75, 3.05) is 39.9 Å². The highest BCUT2D eigenvalue weighted by Crippen LogP contribution is 2.18. The first-order valence-electron chi connectivity index (χ1n) is 8.74. The van der Waals surface area contributed by atoms with Gasteiger partial charge in [-0.15, -0.1) is 0 Å². The van der Waals surface area contributed by atoms with E-state index in [9.17, 15) is 4.79 Å². The van der Waals surface area contributed by atoms with Gasteiger partial charge in [-0.1, -0.05) is 30.3 Å². The highest BCUT2D eigenvalue weighted by molar-refractivity contribution is 5.98. The van der Waals surface area contributed by atoms with E-state index in [-0.39, 0.29) is 5.91 Å². The number of methoxy groups -OCH3 is 1. The van der Waals surface area contributed by atoms with E-state index in [1.54, 1.807) is 7.11 Å². The highest BCUT2D eigenvalue weighted by atomic mass is 16.5. The Morgan fingerprint density at radius 3 is 2.67 bits per heavy atom. The second-order valence-electron chi connectivity index (χ2n) is 6.55. The van der Waals surface area contributed by atoms with Gasteiger partial charge >= 0.3 is 0 Å². The van der Waals surface area contributed by atoms with E-state index in [4.69, 9.17) is 4.74 Å². The van der Waals surface area contributed by atoms with Crippen LogP contribution in [0, 0.1) is 5.92 Å². The molecule has 1 aliphatic heterocycles. The number of benzene rings is 2. The Labute approximate surface area is 143 Å². The van der Waals surface area contributed by atoms with Crippen LogP contribution in [-0.2, 0) is 4.74 Å². The maximum atomic E-state index is 12.4. The van der Waals surface area contributed by atoms with Crippen molar-refractivity contribution in [2.45, 2.75) is 12.8 Å². The van der Waals surface area contributed by atoms with Crippen molar-refractivity contribution >= 4 is 16.7 Å². The Hall–Kier alpha value is -1.91. The van der Waals surface area contributed by atoms with Crippen LogP contribution >= 0.6 is 0 Å². The summed E-state index contributed by atoms with van der Waals surface area (Å²) < 4.78 is 5.13. The number of hydrogen-bond donors (Lipinski definition) is 1. The molecule has 2 aromatic rings. The fourth-order valence-corrected chi connectivity index (χ4v) is 3.30. The monoisotopic (exact) mass is 326 g/mol. The Bertz CT molecular complexity index is 678. The molecule has 128 valence electrons. The molecular formula is C20H26N2O2. The van der Waals surface area contributed by atoms with Crippen LogP contribution in [-0.4, -0.2) is 50.7 Å². The van der Waals surface area contributed by atoms with Gasteiger partial charge in [0.05, 0.1) is 6.61 Å². The molecular weight excluding hydrogens is 300 g/mol. The summed E-state index contributed by atoms with van der Waals surface area (Å²) in [6, 6.07) is 14.0. The average molecular weight is 326 g/mol. The Morgan fingerprint density at radius 1 is 1.17 bits per heavy atom. The van der Waals surface area contributed by atoms with E-state index < -0.39 is 0 Å². The molecule has 0 aliphatic carbocycles. The maximum Gasteiger partial charge on any atom is 0.251 e. The minimum Gasteiger partial charge on any atom is -0.383 e. The van der Waals surface area contributed by atoms with Gasteiger partial charge in [0.2, 0.25) is 0 Å². The molecule has 1 fully saturated rings. The Kier molecular flexibility index (Phi) is 5.83. The molecule has 0 bridgehead atoms. The number of ether oxygens (including phenoxy) is 1. The van der Waals surface area contributed by atoms with E-state index in [2.05, 4.69) is 16.3 Å². The summed E-state index contributed by atoms with van der Waals surface area (Å²) in [7, 11) is 1.75. The molecule has 24 heavy (non-hydrogen) atoms. The fourth-order valence-electron chi connectivity index (χ4n) is 3.30. The van der Waals surface area contributed by atoms with Crippen LogP contribution in [0.4, 0.5) is 0 Å². The van der Waals surface area contributed by atoms with Gasteiger partial charge in [0.25, 0.3) is 5.91 Å². The molecule has 1 N–H and O–H groups in total. The average Bonchev–Trinajstić information content (AvgIpc) is 2.65. The van der Waals surface area contributed by atoms with Crippen LogP contribution in [0.5, 0.6) is 0 Å². The second-order valence-corrected chi connectivity index (χ2v) is 6.55. The van der Waals surface area contributed by atoms with Crippen LogP contribution in [0.15, 0.2) is 42.5 Å². The van der Waals surface area contributed by atoms with E-state index in [0.717, 1.165) is 62.0 Å². The summed E-state index contributed by atoms with van der Waals surface area (Å²) >= 11 is 0. The third-order valence-corrected chi connectivity index (χ3v) is 4.88. The summed E-state index contributed by atoms with van der Waals surface area (Å²) in [5.74, 6) is 0.607. The number of carbonyl (C=O) groups excluding carboxylic acids is 1. The third-order valence-electron chi connectivity index (χ3n) is 4.88. The van der Waals surface area contributed by atoms with Crippen molar-refractivity contribution in [1.82, 2.24) is 10.2 Å². The van der Waals surface area contributed by atoms with Crippen molar-refractivity contribution in [1.29, 1.82) is 0 Å². The number of likely N-dealkylation sites (tertiary alicyclic amines) is 1. The number of hydrogen-bond acceptors (Lipinski definition) is 3. The third kappa shape index (κ3) is 4.34. The first-order chi connectivity index (χ1) is 11.8. The molecule has 0 saturated carbocycles. The van der Waals surface area contributed by atoms with Crippen molar-refractivity contribution in [3.63, 3.8) is 0 Å². The Morgan fingerprint density at radius 2 is 1.92 bits per heavy atom. The number of nitrogens with one attached hydrogen (secondary N) is 1. The number of carbonyl (C=O) groups is 1. The fraction of sp³-hybridized carbons (Fsp3) is 0.450. The van der Waals surface area contributed by atoms with Crippen LogP contribution in [0.3, 0.4) is 0 Å². The number of rotatable bonds is 6. The minimum absolute atomic E-state index is 0.0302. The molecule has 4 heteroatoms. The second kappa shape index (κ2) is 8.27. The smallest absolute Gasteiger partial charge is 0.251 e. The summed E-state index contributed by atoms with van der Waals surface area (Å²) in [5, 5.41) is 5.38. The highest BCUT2D eigenvalue weighted by Gasteiger charge is 2.19. The molecule has 0 aromatic heterocycles. The maximum absolute atomic E-state index is 12.4. The summed E-state index contributed by atoms with van der Waals surface area (Å²) in [6.45, 7) is 4.76. The zero-order chi connectivity index (χ0) is 16.8. The molecule has 0 atom stereocenters.